The third-order valence-electron chi connectivity index (χ3n) is 3.69. The number of nitrogens with one attached hydrogen (secondary N) is 1. The van der Waals surface area contributed by atoms with Crippen LogP contribution in [0.3, 0.4) is 0 Å². The van der Waals surface area contributed by atoms with E-state index in [4.69, 9.17) is 0 Å². The zero-order valence-corrected chi connectivity index (χ0v) is 12.6. The Hall–Kier alpha value is -2.00. The highest BCUT2D eigenvalue weighted by Crippen LogP contribution is 2.25. The van der Waals surface area contributed by atoms with E-state index < -0.39 is 0 Å². The molecule has 0 fully saturated rings. The number of phenols is 2. The minimum Gasteiger partial charge on any atom is -0.504 e. The molecule has 0 saturated heterocycles. The molecule has 2 aromatic rings. The maximum absolute atomic E-state index is 9.50. The molecule has 0 heterocycles. The predicted octanol–water partition coefficient (Wildman–Crippen LogP) is 3.60. The van der Waals surface area contributed by atoms with Gasteiger partial charge in [-0.05, 0) is 49.9 Å². The van der Waals surface area contributed by atoms with Crippen molar-refractivity contribution >= 4 is 0 Å². The molecule has 3 heteroatoms. The summed E-state index contributed by atoms with van der Waals surface area (Å²) in [5.74, 6) is -0.154. The van der Waals surface area contributed by atoms with Crippen molar-refractivity contribution in [3.05, 3.63) is 59.7 Å². The first kappa shape index (κ1) is 15.4. The lowest BCUT2D eigenvalue weighted by atomic mass is 9.95. The topological polar surface area (TPSA) is 52.5 Å². The predicted molar refractivity (Wildman–Crippen MR) is 85.5 cm³/mol. The van der Waals surface area contributed by atoms with Gasteiger partial charge in [-0.2, -0.15) is 0 Å². The molecular formula is C18H23NO2. The molecule has 0 aliphatic heterocycles. The van der Waals surface area contributed by atoms with Gasteiger partial charge in [0.2, 0.25) is 0 Å². The van der Waals surface area contributed by atoms with Crippen LogP contribution in [-0.4, -0.2) is 15.8 Å². The molecule has 0 unspecified atom stereocenters. The van der Waals surface area contributed by atoms with E-state index in [1.807, 2.05) is 12.1 Å². The van der Waals surface area contributed by atoms with Gasteiger partial charge in [-0.1, -0.05) is 36.4 Å². The van der Waals surface area contributed by atoms with Crippen LogP contribution < -0.4 is 5.32 Å². The summed E-state index contributed by atoms with van der Waals surface area (Å²) in [5.41, 5.74) is 2.30. The molecular weight excluding hydrogens is 262 g/mol. The van der Waals surface area contributed by atoms with Crippen LogP contribution in [0.1, 0.15) is 31.4 Å². The highest BCUT2D eigenvalue weighted by atomic mass is 16.3. The molecule has 0 atom stereocenters. The first-order valence-corrected chi connectivity index (χ1v) is 7.26. The van der Waals surface area contributed by atoms with Gasteiger partial charge in [0.1, 0.15) is 0 Å². The Balaban J connectivity index is 1.87. The van der Waals surface area contributed by atoms with Crippen LogP contribution in [0, 0.1) is 0 Å². The molecule has 0 bridgehead atoms. The number of aromatic hydroxyl groups is 2. The van der Waals surface area contributed by atoms with Crippen molar-refractivity contribution in [3.63, 3.8) is 0 Å². The molecule has 0 aromatic heterocycles. The number of benzene rings is 2. The third kappa shape index (κ3) is 4.80. The summed E-state index contributed by atoms with van der Waals surface area (Å²) in [7, 11) is 0. The van der Waals surface area contributed by atoms with E-state index in [1.165, 1.54) is 11.6 Å². The summed E-state index contributed by atoms with van der Waals surface area (Å²) < 4.78 is 0. The fourth-order valence-corrected chi connectivity index (χ4v) is 2.21. The van der Waals surface area contributed by atoms with E-state index >= 15 is 0 Å². The van der Waals surface area contributed by atoms with Crippen LogP contribution in [0.15, 0.2) is 48.5 Å². The van der Waals surface area contributed by atoms with E-state index in [9.17, 15) is 10.2 Å². The second-order valence-electron chi connectivity index (χ2n) is 6.05. The lowest BCUT2D eigenvalue weighted by Crippen LogP contribution is -2.39. The van der Waals surface area contributed by atoms with Crippen LogP contribution in [0.25, 0.3) is 0 Å². The highest BCUT2D eigenvalue weighted by molar-refractivity contribution is 5.40. The largest absolute Gasteiger partial charge is 0.504 e. The van der Waals surface area contributed by atoms with Gasteiger partial charge in [0.05, 0.1) is 0 Å². The second-order valence-corrected chi connectivity index (χ2v) is 6.05. The summed E-state index contributed by atoms with van der Waals surface area (Å²) in [6.07, 6.45) is 2.06. The molecule has 3 nitrogen and oxygen atoms in total. The van der Waals surface area contributed by atoms with Crippen molar-refractivity contribution in [2.45, 2.75) is 38.8 Å². The summed E-state index contributed by atoms with van der Waals surface area (Å²) in [5, 5.41) is 22.3. The molecule has 0 aliphatic carbocycles. The van der Waals surface area contributed by atoms with E-state index in [0.29, 0.717) is 6.54 Å². The molecule has 0 amide bonds. The summed E-state index contributed by atoms with van der Waals surface area (Å²) in [4.78, 5) is 0. The van der Waals surface area contributed by atoms with E-state index in [2.05, 4.69) is 43.4 Å². The Labute approximate surface area is 126 Å². The van der Waals surface area contributed by atoms with Crippen molar-refractivity contribution in [1.82, 2.24) is 5.32 Å². The zero-order valence-electron chi connectivity index (χ0n) is 12.6. The standard InChI is InChI=1S/C18H23NO2/c1-18(2,11-10-14-6-4-3-5-7-14)19-13-15-8-9-16(20)17(21)12-15/h3-9,12,19-21H,10-11,13H2,1-2H3. The molecule has 2 rings (SSSR count). The van der Waals surface area contributed by atoms with Gasteiger partial charge < -0.3 is 15.5 Å². The van der Waals surface area contributed by atoms with Crippen LogP contribution in [0.2, 0.25) is 0 Å². The van der Waals surface area contributed by atoms with Gasteiger partial charge in [-0.25, -0.2) is 0 Å². The molecule has 0 aliphatic rings. The minimum absolute atomic E-state index is 0.00332. The van der Waals surface area contributed by atoms with Crippen LogP contribution >= 0.6 is 0 Å². The first-order chi connectivity index (χ1) is 9.96. The fourth-order valence-electron chi connectivity index (χ4n) is 2.21. The van der Waals surface area contributed by atoms with Crippen molar-refractivity contribution < 1.29 is 10.2 Å². The van der Waals surface area contributed by atoms with Crippen molar-refractivity contribution in [3.8, 4) is 11.5 Å². The molecule has 21 heavy (non-hydrogen) atoms. The zero-order chi connectivity index (χ0) is 15.3. The fraction of sp³-hybridized carbons (Fsp3) is 0.333. The van der Waals surface area contributed by atoms with Gasteiger partial charge in [0.15, 0.2) is 11.5 Å². The summed E-state index contributed by atoms with van der Waals surface area (Å²) >= 11 is 0. The second kappa shape index (κ2) is 6.64. The Kier molecular flexibility index (Phi) is 4.86. The van der Waals surface area contributed by atoms with E-state index in [1.54, 1.807) is 6.07 Å². The van der Waals surface area contributed by atoms with Gasteiger partial charge in [-0.15, -0.1) is 0 Å². The quantitative estimate of drug-likeness (QED) is 0.711. The lowest BCUT2D eigenvalue weighted by Gasteiger charge is -2.26. The minimum atomic E-state index is -0.0814. The van der Waals surface area contributed by atoms with Gasteiger partial charge in [-0.3, -0.25) is 0 Å². The molecule has 0 spiro atoms. The maximum atomic E-state index is 9.50. The SMILES string of the molecule is CC(C)(CCc1ccccc1)NCc1ccc(O)c(O)c1. The van der Waals surface area contributed by atoms with Crippen LogP contribution in [-0.2, 0) is 13.0 Å². The van der Waals surface area contributed by atoms with Crippen LogP contribution in [0.5, 0.6) is 11.5 Å². The Morgan fingerprint density at radius 1 is 0.905 bits per heavy atom. The first-order valence-electron chi connectivity index (χ1n) is 7.26. The van der Waals surface area contributed by atoms with Gasteiger partial charge in [0, 0.05) is 12.1 Å². The van der Waals surface area contributed by atoms with Gasteiger partial charge in [0.25, 0.3) is 0 Å². The molecule has 0 radical (unpaired) electrons. The maximum Gasteiger partial charge on any atom is 0.157 e. The highest BCUT2D eigenvalue weighted by Gasteiger charge is 2.16. The molecule has 0 saturated carbocycles. The van der Waals surface area contributed by atoms with Gasteiger partial charge >= 0.3 is 0 Å². The van der Waals surface area contributed by atoms with Crippen molar-refractivity contribution in [1.29, 1.82) is 0 Å². The normalized spacial score (nSPS) is 11.5. The number of aryl methyl sites for hydroxylation is 1. The average Bonchev–Trinajstić information content (AvgIpc) is 2.48. The van der Waals surface area contributed by atoms with Crippen molar-refractivity contribution in [2.24, 2.45) is 0 Å². The Morgan fingerprint density at radius 3 is 2.29 bits per heavy atom. The Bertz CT molecular complexity index is 579. The van der Waals surface area contributed by atoms with Crippen LogP contribution in [0.4, 0.5) is 0 Å². The number of rotatable bonds is 6. The Morgan fingerprint density at radius 2 is 1.62 bits per heavy atom. The number of phenolic OH excluding ortho intramolecular Hbond substituents is 2. The van der Waals surface area contributed by atoms with E-state index in [0.717, 1.165) is 18.4 Å². The molecule has 3 N–H and O–H groups in total. The number of hydrogen-bond acceptors (Lipinski definition) is 3. The van der Waals surface area contributed by atoms with E-state index in [-0.39, 0.29) is 17.0 Å². The number of hydrogen-bond donors (Lipinski definition) is 3. The third-order valence-corrected chi connectivity index (χ3v) is 3.69. The molecule has 2 aromatic carbocycles. The lowest BCUT2D eigenvalue weighted by molar-refractivity contribution is 0.359. The molecule has 112 valence electrons. The summed E-state index contributed by atoms with van der Waals surface area (Å²) in [6, 6.07) is 15.4. The monoisotopic (exact) mass is 285 g/mol. The smallest absolute Gasteiger partial charge is 0.157 e. The van der Waals surface area contributed by atoms with Crippen molar-refractivity contribution in [2.75, 3.05) is 0 Å². The summed E-state index contributed by atoms with van der Waals surface area (Å²) in [6.45, 7) is 5.02. The average molecular weight is 285 g/mol.